The van der Waals surface area contributed by atoms with E-state index in [1.54, 1.807) is 7.05 Å². The number of piperidine rings is 1. The molecule has 1 aliphatic heterocycles. The van der Waals surface area contributed by atoms with E-state index in [4.69, 9.17) is 4.74 Å². The molecule has 1 amide bonds. The number of ether oxygens (including phenoxy) is 1. The molecule has 0 radical (unpaired) electrons. The molecule has 0 bridgehead atoms. The molecule has 6 heteroatoms. The largest absolute Gasteiger partial charge is 0.382 e. The summed E-state index contributed by atoms with van der Waals surface area (Å²) in [6, 6.07) is 0. The number of likely N-dealkylation sites (tertiary alicyclic amines) is 1. The van der Waals surface area contributed by atoms with Crippen LogP contribution in [0.4, 0.5) is 0 Å². The Morgan fingerprint density at radius 3 is 2.54 bits per heavy atom. The van der Waals surface area contributed by atoms with Crippen LogP contribution < -0.4 is 10.6 Å². The third kappa shape index (κ3) is 6.15. The van der Waals surface area contributed by atoms with Crippen molar-refractivity contribution >= 4 is 11.9 Å². The highest BCUT2D eigenvalue weighted by Gasteiger charge is 2.34. The van der Waals surface area contributed by atoms with E-state index in [0.717, 1.165) is 58.1 Å². The molecule has 0 spiro atoms. The molecule has 1 saturated heterocycles. The van der Waals surface area contributed by atoms with Gasteiger partial charge in [-0.2, -0.15) is 0 Å². The quantitative estimate of drug-likeness (QED) is 0.393. The summed E-state index contributed by atoms with van der Waals surface area (Å²) in [7, 11) is 3.59. The van der Waals surface area contributed by atoms with Crippen molar-refractivity contribution in [1.82, 2.24) is 15.5 Å². The van der Waals surface area contributed by atoms with Crippen LogP contribution in [0.2, 0.25) is 0 Å². The highest BCUT2D eigenvalue weighted by molar-refractivity contribution is 5.80. The summed E-state index contributed by atoms with van der Waals surface area (Å²) in [5, 5.41) is 6.39. The van der Waals surface area contributed by atoms with Crippen molar-refractivity contribution in [1.29, 1.82) is 0 Å². The van der Waals surface area contributed by atoms with Gasteiger partial charge in [-0.3, -0.25) is 9.79 Å². The third-order valence-electron chi connectivity index (χ3n) is 6.15. The first-order valence-corrected chi connectivity index (χ1v) is 10.4. The Bertz CT molecular complexity index is 453. The number of hydrogen-bond acceptors (Lipinski definition) is 3. The molecule has 0 aromatic heterocycles. The molecule has 2 aliphatic rings. The van der Waals surface area contributed by atoms with E-state index in [1.807, 2.05) is 7.05 Å². The number of carbonyl (C=O) groups is 1. The maximum atomic E-state index is 11.6. The van der Waals surface area contributed by atoms with Crippen molar-refractivity contribution in [2.75, 3.05) is 46.9 Å². The smallest absolute Gasteiger partial charge is 0.220 e. The van der Waals surface area contributed by atoms with Crippen molar-refractivity contribution in [3.05, 3.63) is 0 Å². The first kappa shape index (κ1) is 21.0. The van der Waals surface area contributed by atoms with Gasteiger partial charge >= 0.3 is 0 Å². The summed E-state index contributed by atoms with van der Waals surface area (Å²) in [5.41, 5.74) is 0.364. The molecule has 0 unspecified atom stereocenters. The maximum absolute atomic E-state index is 11.6. The molecule has 0 aromatic carbocycles. The summed E-state index contributed by atoms with van der Waals surface area (Å²) < 4.78 is 5.62. The van der Waals surface area contributed by atoms with Gasteiger partial charge in [-0.1, -0.05) is 12.8 Å². The van der Waals surface area contributed by atoms with E-state index >= 15 is 0 Å². The molecule has 2 N–H and O–H groups in total. The van der Waals surface area contributed by atoms with E-state index in [-0.39, 0.29) is 5.91 Å². The van der Waals surface area contributed by atoms with Crippen molar-refractivity contribution in [2.24, 2.45) is 16.3 Å². The fourth-order valence-corrected chi connectivity index (χ4v) is 4.39. The number of amides is 1. The minimum Gasteiger partial charge on any atom is -0.382 e. The Morgan fingerprint density at radius 2 is 1.96 bits per heavy atom. The Labute approximate surface area is 159 Å². The molecular formula is C20H38N4O2. The van der Waals surface area contributed by atoms with Crippen molar-refractivity contribution in [3.63, 3.8) is 0 Å². The molecule has 26 heavy (non-hydrogen) atoms. The average molecular weight is 367 g/mol. The number of nitrogens with zero attached hydrogens (tertiary/aromatic N) is 2. The highest BCUT2D eigenvalue weighted by atomic mass is 16.5. The lowest BCUT2D eigenvalue weighted by Gasteiger charge is -2.36. The van der Waals surface area contributed by atoms with Gasteiger partial charge in [-0.25, -0.2) is 0 Å². The van der Waals surface area contributed by atoms with Crippen LogP contribution >= 0.6 is 0 Å². The lowest BCUT2D eigenvalue weighted by Crippen LogP contribution is -2.48. The van der Waals surface area contributed by atoms with Crippen LogP contribution in [0.15, 0.2) is 4.99 Å². The summed E-state index contributed by atoms with van der Waals surface area (Å²) in [6.45, 7) is 6.68. The van der Waals surface area contributed by atoms with E-state index in [1.165, 1.54) is 25.7 Å². The van der Waals surface area contributed by atoms with Crippen LogP contribution in [0.3, 0.4) is 0 Å². The van der Waals surface area contributed by atoms with E-state index < -0.39 is 0 Å². The van der Waals surface area contributed by atoms with Gasteiger partial charge in [0.25, 0.3) is 0 Å². The summed E-state index contributed by atoms with van der Waals surface area (Å²) in [4.78, 5) is 18.4. The minimum absolute atomic E-state index is 0.156. The molecule has 2 rings (SSSR count). The molecule has 1 aliphatic carbocycles. The van der Waals surface area contributed by atoms with Crippen LogP contribution in [0.25, 0.3) is 0 Å². The summed E-state index contributed by atoms with van der Waals surface area (Å²) >= 11 is 0. The monoisotopic (exact) mass is 366 g/mol. The number of rotatable bonds is 8. The second-order valence-electron chi connectivity index (χ2n) is 7.86. The lowest BCUT2D eigenvalue weighted by atomic mass is 9.83. The molecule has 150 valence electrons. The van der Waals surface area contributed by atoms with Crippen LogP contribution in [-0.2, 0) is 9.53 Å². The Balaban J connectivity index is 1.81. The minimum atomic E-state index is 0.156. The zero-order valence-electron chi connectivity index (χ0n) is 17.0. The Kier molecular flexibility index (Phi) is 8.69. The second-order valence-corrected chi connectivity index (χ2v) is 7.86. The lowest BCUT2D eigenvalue weighted by molar-refractivity contribution is -0.121. The Morgan fingerprint density at radius 1 is 1.27 bits per heavy atom. The zero-order valence-corrected chi connectivity index (χ0v) is 17.0. The fourth-order valence-electron chi connectivity index (χ4n) is 4.39. The molecule has 6 nitrogen and oxygen atoms in total. The number of aliphatic imine (C=N–C) groups is 1. The van der Waals surface area contributed by atoms with Gasteiger partial charge in [-0.05, 0) is 50.4 Å². The fraction of sp³-hybridized carbons (Fsp3) is 0.900. The van der Waals surface area contributed by atoms with Gasteiger partial charge in [0.05, 0.1) is 0 Å². The third-order valence-corrected chi connectivity index (χ3v) is 6.15. The van der Waals surface area contributed by atoms with Gasteiger partial charge in [0, 0.05) is 53.4 Å². The first-order chi connectivity index (χ1) is 12.6. The number of nitrogens with one attached hydrogen (secondary N) is 2. The predicted octanol–water partition coefficient (Wildman–Crippen LogP) is 2.40. The first-order valence-electron chi connectivity index (χ1n) is 10.4. The molecule has 1 saturated carbocycles. The number of guanidine groups is 1. The van der Waals surface area contributed by atoms with Gasteiger partial charge in [-0.15, -0.1) is 0 Å². The normalized spacial score (nSPS) is 21.0. The molecule has 1 heterocycles. The maximum Gasteiger partial charge on any atom is 0.220 e. The predicted molar refractivity (Wildman–Crippen MR) is 106 cm³/mol. The van der Waals surface area contributed by atoms with Crippen LogP contribution in [0, 0.1) is 11.3 Å². The number of hydrogen-bond donors (Lipinski definition) is 2. The van der Waals surface area contributed by atoms with Crippen LogP contribution in [0.1, 0.15) is 58.3 Å². The molecular weight excluding hydrogens is 328 g/mol. The van der Waals surface area contributed by atoms with Crippen LogP contribution in [-0.4, -0.2) is 63.7 Å². The van der Waals surface area contributed by atoms with Gasteiger partial charge in [0.1, 0.15) is 0 Å². The van der Waals surface area contributed by atoms with E-state index in [2.05, 4.69) is 27.4 Å². The summed E-state index contributed by atoms with van der Waals surface area (Å²) in [6.07, 6.45) is 9.15. The second kappa shape index (κ2) is 10.8. The summed E-state index contributed by atoms with van der Waals surface area (Å²) in [5.74, 6) is 1.67. The van der Waals surface area contributed by atoms with E-state index in [9.17, 15) is 4.79 Å². The standard InChI is InChI=1S/C20H38N4O2/c1-4-26-14-11-20(9-5-6-10-20)16-23-19(22-3)24-12-7-17(8-13-24)15-18(25)21-2/h17H,4-16H2,1-3H3,(H,21,25)(H,22,23). The number of carbonyl (C=O) groups excluding carboxylic acids is 1. The van der Waals surface area contributed by atoms with Gasteiger partial charge in [0.2, 0.25) is 5.91 Å². The molecule has 0 aromatic rings. The highest BCUT2D eigenvalue weighted by Crippen LogP contribution is 2.40. The van der Waals surface area contributed by atoms with Crippen molar-refractivity contribution < 1.29 is 9.53 Å². The Hall–Kier alpha value is -1.30. The van der Waals surface area contributed by atoms with Crippen LogP contribution in [0.5, 0.6) is 0 Å². The van der Waals surface area contributed by atoms with E-state index in [0.29, 0.717) is 17.8 Å². The van der Waals surface area contributed by atoms with Crippen molar-refractivity contribution in [3.8, 4) is 0 Å². The molecule has 2 fully saturated rings. The topological polar surface area (TPSA) is 66.0 Å². The zero-order chi connectivity index (χ0) is 18.8. The SMILES string of the molecule is CCOCCC1(CNC(=NC)N2CCC(CC(=O)NC)CC2)CCCC1. The van der Waals surface area contributed by atoms with Gasteiger partial charge < -0.3 is 20.3 Å². The molecule has 0 atom stereocenters. The van der Waals surface area contributed by atoms with Gasteiger partial charge in [0.15, 0.2) is 5.96 Å². The average Bonchev–Trinajstić information content (AvgIpc) is 3.12. The van der Waals surface area contributed by atoms with Crippen molar-refractivity contribution in [2.45, 2.75) is 58.3 Å².